The summed E-state index contributed by atoms with van der Waals surface area (Å²) in [4.78, 5) is 8.82. The molecular weight excluding hydrogens is 275 g/mol. The van der Waals surface area contributed by atoms with Crippen LogP contribution in [0.1, 0.15) is 11.4 Å². The first-order valence-corrected chi connectivity index (χ1v) is 5.67. The van der Waals surface area contributed by atoms with Gasteiger partial charge in [-0.3, -0.25) is 0 Å². The van der Waals surface area contributed by atoms with E-state index < -0.39 is 18.0 Å². The summed E-state index contributed by atoms with van der Waals surface area (Å²) in [6, 6.07) is 0.740. The van der Waals surface area contributed by atoms with Gasteiger partial charge >= 0.3 is 6.18 Å². The molecule has 6 nitrogen and oxygen atoms in total. The Bertz CT molecular complexity index is 551. The van der Waals surface area contributed by atoms with Crippen molar-refractivity contribution in [2.75, 3.05) is 18.0 Å². The number of nitrogens with one attached hydrogen (secondary N) is 1. The number of halogens is 3. The summed E-state index contributed by atoms with van der Waals surface area (Å²) in [5.41, 5.74) is 4.12. The van der Waals surface area contributed by atoms with Gasteiger partial charge in [-0.1, -0.05) is 0 Å². The Hall–Kier alpha value is -2.16. The maximum Gasteiger partial charge on any atom is 0.433 e. The molecule has 108 valence electrons. The van der Waals surface area contributed by atoms with Crippen LogP contribution in [0.3, 0.4) is 0 Å². The molecule has 0 unspecified atom stereocenters. The average Bonchev–Trinajstić information content (AvgIpc) is 2.35. The number of aromatic nitrogens is 2. The molecule has 0 amide bonds. The van der Waals surface area contributed by atoms with Crippen LogP contribution in [0.2, 0.25) is 0 Å². The molecule has 2 rings (SSSR count). The van der Waals surface area contributed by atoms with Crippen molar-refractivity contribution in [3.63, 3.8) is 0 Å². The van der Waals surface area contributed by atoms with Crippen LogP contribution in [0.4, 0.5) is 19.1 Å². The van der Waals surface area contributed by atoms with Crippen molar-refractivity contribution in [3.8, 4) is 0 Å². The lowest BCUT2D eigenvalue weighted by atomic mass is 10.1. The lowest BCUT2D eigenvalue weighted by Gasteiger charge is -2.36. The molecule has 1 aliphatic rings. The van der Waals surface area contributed by atoms with Crippen molar-refractivity contribution < 1.29 is 18.3 Å². The van der Waals surface area contributed by atoms with E-state index in [1.807, 2.05) is 0 Å². The van der Waals surface area contributed by atoms with Crippen LogP contribution >= 0.6 is 0 Å². The first kappa shape index (κ1) is 14.3. The number of rotatable bonds is 3. The summed E-state index contributed by atoms with van der Waals surface area (Å²) in [7, 11) is 0. The molecule has 0 atom stereocenters. The molecule has 1 aliphatic heterocycles. The molecular formula is C11H12F3N5O. The van der Waals surface area contributed by atoms with Gasteiger partial charge in [0.15, 0.2) is 5.69 Å². The second kappa shape index (κ2) is 5.08. The van der Waals surface area contributed by atoms with E-state index in [1.165, 1.54) is 4.90 Å². The molecule has 0 spiro atoms. The highest BCUT2D eigenvalue weighted by Crippen LogP contribution is 2.31. The smallest absolute Gasteiger partial charge is 0.404 e. The lowest BCUT2D eigenvalue weighted by molar-refractivity contribution is -0.141. The van der Waals surface area contributed by atoms with E-state index in [9.17, 15) is 18.3 Å². The van der Waals surface area contributed by atoms with Crippen LogP contribution in [0.25, 0.3) is 5.57 Å². The van der Waals surface area contributed by atoms with Crippen LogP contribution in [0.5, 0.6) is 0 Å². The minimum absolute atomic E-state index is 0.0558. The highest BCUT2D eigenvalue weighted by Gasteiger charge is 2.36. The molecule has 2 heterocycles. The predicted molar refractivity (Wildman–Crippen MR) is 66.2 cm³/mol. The summed E-state index contributed by atoms with van der Waals surface area (Å²) in [5, 5.41) is 16.3. The Balaban J connectivity index is 2.47. The third-order valence-corrected chi connectivity index (χ3v) is 2.78. The monoisotopic (exact) mass is 287 g/mol. The van der Waals surface area contributed by atoms with Gasteiger partial charge in [-0.25, -0.2) is 9.97 Å². The van der Waals surface area contributed by atoms with E-state index in [0.717, 1.165) is 18.5 Å². The Morgan fingerprint density at radius 2 is 2.10 bits per heavy atom. The summed E-state index contributed by atoms with van der Waals surface area (Å²) < 4.78 is 38.4. The van der Waals surface area contributed by atoms with Gasteiger partial charge in [-0.05, 0) is 6.07 Å². The first-order valence-electron chi connectivity index (χ1n) is 5.67. The fourth-order valence-corrected chi connectivity index (χ4v) is 1.70. The number of aliphatic hydroxyl groups is 1. The molecule has 0 aliphatic carbocycles. The number of allylic oxidation sites excluding steroid dienone is 1. The van der Waals surface area contributed by atoms with E-state index in [1.54, 1.807) is 0 Å². The van der Waals surface area contributed by atoms with Crippen molar-refractivity contribution in [2.24, 2.45) is 5.73 Å². The highest BCUT2D eigenvalue weighted by atomic mass is 19.4. The third-order valence-electron chi connectivity index (χ3n) is 2.78. The standard InChI is InChI=1S/C11H12F3N5O/c12-11(13,14)9-1-8(6(2-15)3-16)17-10(18-9)19-4-7(20)5-19/h1-3,7,15,20H,4-5,16H2. The molecule has 1 saturated heterocycles. The number of nitrogens with two attached hydrogens (primary N) is 1. The van der Waals surface area contributed by atoms with E-state index in [2.05, 4.69) is 9.97 Å². The van der Waals surface area contributed by atoms with Crippen molar-refractivity contribution in [1.29, 1.82) is 5.41 Å². The van der Waals surface area contributed by atoms with E-state index in [-0.39, 0.29) is 30.3 Å². The number of anilines is 1. The Morgan fingerprint density at radius 3 is 2.55 bits per heavy atom. The van der Waals surface area contributed by atoms with Crippen molar-refractivity contribution in [3.05, 3.63) is 23.7 Å². The minimum Gasteiger partial charge on any atom is -0.404 e. The van der Waals surface area contributed by atoms with E-state index in [0.29, 0.717) is 0 Å². The summed E-state index contributed by atoms with van der Waals surface area (Å²) in [6.45, 7) is 0.347. The Kier molecular flexibility index (Phi) is 3.62. The quantitative estimate of drug-likeness (QED) is 0.708. The number of aliphatic hydroxyl groups excluding tert-OH is 1. The van der Waals surface area contributed by atoms with Gasteiger partial charge in [-0.2, -0.15) is 13.2 Å². The van der Waals surface area contributed by atoms with Crippen LogP contribution in [-0.2, 0) is 6.18 Å². The molecule has 1 aromatic heterocycles. The maximum absolute atomic E-state index is 12.8. The average molecular weight is 287 g/mol. The number of hydrogen-bond acceptors (Lipinski definition) is 6. The minimum atomic E-state index is -4.63. The zero-order valence-electron chi connectivity index (χ0n) is 10.2. The first-order chi connectivity index (χ1) is 9.35. The molecule has 0 saturated carbocycles. The summed E-state index contributed by atoms with van der Waals surface area (Å²) in [6.07, 6.45) is -3.40. The molecule has 1 aromatic rings. The van der Waals surface area contributed by atoms with Gasteiger partial charge in [-0.15, -0.1) is 0 Å². The van der Waals surface area contributed by atoms with Crippen LogP contribution in [0.15, 0.2) is 12.3 Å². The van der Waals surface area contributed by atoms with Gasteiger partial charge < -0.3 is 21.1 Å². The zero-order chi connectivity index (χ0) is 14.9. The second-order valence-electron chi connectivity index (χ2n) is 4.26. The number of alkyl halides is 3. The van der Waals surface area contributed by atoms with E-state index in [4.69, 9.17) is 11.1 Å². The van der Waals surface area contributed by atoms with Crippen LogP contribution in [-0.4, -0.2) is 40.5 Å². The predicted octanol–water partition coefficient (Wildman–Crippen LogP) is 0.625. The Labute approximate surface area is 112 Å². The van der Waals surface area contributed by atoms with Gasteiger partial charge in [0.2, 0.25) is 5.95 Å². The molecule has 1 fully saturated rings. The third kappa shape index (κ3) is 2.72. The van der Waals surface area contributed by atoms with Gasteiger partial charge in [0.1, 0.15) is 0 Å². The summed E-state index contributed by atoms with van der Waals surface area (Å²) in [5.74, 6) is -0.138. The second-order valence-corrected chi connectivity index (χ2v) is 4.26. The zero-order valence-corrected chi connectivity index (χ0v) is 10.2. The molecule has 9 heteroatoms. The molecule has 20 heavy (non-hydrogen) atoms. The SMILES string of the molecule is N=CC(=CN)c1cc(C(F)(F)F)nc(N2CC(O)C2)n1. The molecule has 0 radical (unpaired) electrons. The summed E-state index contributed by atoms with van der Waals surface area (Å²) >= 11 is 0. The fraction of sp³-hybridized carbons (Fsp3) is 0.364. The highest BCUT2D eigenvalue weighted by molar-refractivity contribution is 6.07. The molecule has 0 aromatic carbocycles. The molecule has 4 N–H and O–H groups in total. The normalized spacial score (nSPS) is 17.0. The van der Waals surface area contributed by atoms with Crippen molar-refractivity contribution in [2.45, 2.75) is 12.3 Å². The molecule has 0 bridgehead atoms. The lowest BCUT2D eigenvalue weighted by Crippen LogP contribution is -2.51. The van der Waals surface area contributed by atoms with Gasteiger partial charge in [0.05, 0.1) is 11.8 Å². The van der Waals surface area contributed by atoms with Gasteiger partial charge in [0, 0.05) is 31.1 Å². The van der Waals surface area contributed by atoms with Crippen LogP contribution in [0, 0.1) is 5.41 Å². The number of hydrogen-bond donors (Lipinski definition) is 3. The maximum atomic E-state index is 12.8. The topological polar surface area (TPSA) is 99.1 Å². The van der Waals surface area contributed by atoms with Crippen molar-refractivity contribution >= 4 is 17.7 Å². The number of β-amino-alcohol motifs (C(OH)–C–C–N with tert-alkyl or cyclic N) is 1. The Morgan fingerprint density at radius 1 is 1.45 bits per heavy atom. The fourth-order valence-electron chi connectivity index (χ4n) is 1.70. The van der Waals surface area contributed by atoms with Crippen molar-refractivity contribution in [1.82, 2.24) is 9.97 Å². The van der Waals surface area contributed by atoms with Gasteiger partial charge in [0.25, 0.3) is 0 Å². The van der Waals surface area contributed by atoms with Crippen LogP contribution < -0.4 is 10.6 Å². The van der Waals surface area contributed by atoms with E-state index >= 15 is 0 Å². The largest absolute Gasteiger partial charge is 0.433 e. The number of nitrogens with zero attached hydrogens (tertiary/aromatic N) is 3.